The maximum absolute atomic E-state index is 12.9. The summed E-state index contributed by atoms with van der Waals surface area (Å²) < 4.78 is 17.0. The molecule has 0 aliphatic heterocycles. The molecule has 4 rings (SSSR count). The highest BCUT2D eigenvalue weighted by atomic mass is 35.5. The summed E-state index contributed by atoms with van der Waals surface area (Å²) in [5, 5.41) is 0.504. The molecule has 0 atom stereocenters. The zero-order valence-electron chi connectivity index (χ0n) is 17.9. The molecule has 3 aromatic heterocycles. The molecule has 3 heterocycles. The first-order valence-corrected chi connectivity index (χ1v) is 10.4. The molecule has 0 fully saturated rings. The number of imidazole rings is 2. The Bertz CT molecular complexity index is 1400. The van der Waals surface area contributed by atoms with E-state index in [1.54, 1.807) is 18.6 Å². The van der Waals surface area contributed by atoms with Crippen LogP contribution in [0.5, 0.6) is 5.75 Å². The molecule has 0 aliphatic rings. The van der Waals surface area contributed by atoms with Crippen LogP contribution in [0, 0.1) is 0 Å². The van der Waals surface area contributed by atoms with Gasteiger partial charge in [0.25, 0.3) is 5.56 Å². The second-order valence-corrected chi connectivity index (χ2v) is 7.66. The van der Waals surface area contributed by atoms with Crippen LogP contribution >= 0.6 is 11.6 Å². The lowest BCUT2D eigenvalue weighted by atomic mass is 10.1. The van der Waals surface area contributed by atoms with Crippen LogP contribution in [-0.4, -0.2) is 43.4 Å². The monoisotopic (exact) mass is 445 g/mol. The van der Waals surface area contributed by atoms with Crippen molar-refractivity contribution in [2.45, 2.75) is 19.9 Å². The number of rotatable bonds is 7. The average molecular weight is 446 g/mol. The van der Waals surface area contributed by atoms with Gasteiger partial charge >= 0.3 is 5.69 Å². The maximum atomic E-state index is 12.9. The number of aryl methyl sites for hydroxylation is 2. The fraction of sp³-hybridized carbons (Fsp3) is 0.381. The Kier molecular flexibility index (Phi) is 5.63. The SMILES string of the molecule is CCOc1ccc(-c2cn3c4c(=O)n(C)c(=O)n(C)c4nc3n2CCCOC)cc1Cl. The van der Waals surface area contributed by atoms with Crippen LogP contribution in [0.15, 0.2) is 34.0 Å². The average Bonchev–Trinajstić information content (AvgIpc) is 3.29. The van der Waals surface area contributed by atoms with E-state index in [4.69, 9.17) is 21.1 Å². The minimum atomic E-state index is -0.414. The molecule has 0 bridgehead atoms. The zero-order chi connectivity index (χ0) is 22.3. The van der Waals surface area contributed by atoms with Crippen molar-refractivity contribution in [3.63, 3.8) is 0 Å². The van der Waals surface area contributed by atoms with E-state index in [1.165, 1.54) is 11.6 Å². The molecule has 1 aromatic carbocycles. The number of nitrogens with zero attached hydrogens (tertiary/aromatic N) is 5. The first-order chi connectivity index (χ1) is 14.9. The molecule has 0 spiro atoms. The summed E-state index contributed by atoms with van der Waals surface area (Å²) in [4.78, 5) is 29.9. The predicted molar refractivity (Wildman–Crippen MR) is 119 cm³/mol. The van der Waals surface area contributed by atoms with Gasteiger partial charge in [-0.05, 0) is 31.5 Å². The van der Waals surface area contributed by atoms with E-state index in [1.807, 2.05) is 35.9 Å². The molecule has 0 saturated heterocycles. The first kappa shape index (κ1) is 21.2. The van der Waals surface area contributed by atoms with Gasteiger partial charge in [-0.15, -0.1) is 0 Å². The van der Waals surface area contributed by atoms with Crippen LogP contribution in [-0.2, 0) is 25.4 Å². The Balaban J connectivity index is 1.99. The normalized spacial score (nSPS) is 11.6. The van der Waals surface area contributed by atoms with Crippen LogP contribution < -0.4 is 16.0 Å². The largest absolute Gasteiger partial charge is 0.492 e. The number of methoxy groups -OCH3 is 1. The van der Waals surface area contributed by atoms with Crippen molar-refractivity contribution in [3.05, 3.63) is 50.3 Å². The Morgan fingerprint density at radius 3 is 2.61 bits per heavy atom. The van der Waals surface area contributed by atoms with Crippen LogP contribution in [0.1, 0.15) is 13.3 Å². The van der Waals surface area contributed by atoms with Crippen molar-refractivity contribution in [1.82, 2.24) is 23.1 Å². The van der Waals surface area contributed by atoms with E-state index in [0.717, 1.165) is 22.2 Å². The van der Waals surface area contributed by atoms with Gasteiger partial charge in [0.15, 0.2) is 11.2 Å². The van der Waals surface area contributed by atoms with E-state index >= 15 is 0 Å². The molecule has 4 aromatic rings. The summed E-state index contributed by atoms with van der Waals surface area (Å²) in [6, 6.07) is 5.59. The lowest BCUT2D eigenvalue weighted by molar-refractivity contribution is 0.191. The van der Waals surface area contributed by atoms with E-state index in [-0.39, 0.29) is 0 Å². The topological polar surface area (TPSA) is 84.7 Å². The number of hydrogen-bond acceptors (Lipinski definition) is 5. The minimum Gasteiger partial charge on any atom is -0.492 e. The summed E-state index contributed by atoms with van der Waals surface area (Å²) >= 11 is 6.42. The van der Waals surface area contributed by atoms with E-state index in [0.29, 0.717) is 47.5 Å². The van der Waals surface area contributed by atoms with Gasteiger partial charge in [0.1, 0.15) is 5.75 Å². The van der Waals surface area contributed by atoms with Crippen molar-refractivity contribution >= 4 is 28.5 Å². The van der Waals surface area contributed by atoms with Gasteiger partial charge in [-0.1, -0.05) is 11.6 Å². The minimum absolute atomic E-state index is 0.347. The summed E-state index contributed by atoms with van der Waals surface area (Å²) in [5.41, 5.74) is 1.61. The van der Waals surface area contributed by atoms with Crippen molar-refractivity contribution in [3.8, 4) is 17.0 Å². The van der Waals surface area contributed by atoms with Gasteiger partial charge in [0.2, 0.25) is 5.78 Å². The van der Waals surface area contributed by atoms with Gasteiger partial charge in [0, 0.05) is 46.1 Å². The molecule has 0 saturated carbocycles. The molecule has 31 heavy (non-hydrogen) atoms. The van der Waals surface area contributed by atoms with E-state index in [2.05, 4.69) is 4.98 Å². The van der Waals surface area contributed by atoms with Crippen molar-refractivity contribution in [2.75, 3.05) is 20.3 Å². The Labute approximate surface area is 183 Å². The van der Waals surface area contributed by atoms with Crippen molar-refractivity contribution < 1.29 is 9.47 Å². The number of fused-ring (bicyclic) bond motifs is 3. The number of ether oxygens (including phenoxy) is 2. The Hall–Kier alpha value is -3.04. The molecule has 9 nitrogen and oxygen atoms in total. The van der Waals surface area contributed by atoms with Gasteiger partial charge in [-0.2, -0.15) is 4.98 Å². The maximum Gasteiger partial charge on any atom is 0.332 e. The van der Waals surface area contributed by atoms with Crippen molar-refractivity contribution in [2.24, 2.45) is 14.1 Å². The smallest absolute Gasteiger partial charge is 0.332 e. The van der Waals surface area contributed by atoms with Gasteiger partial charge < -0.3 is 14.0 Å². The highest BCUT2D eigenvalue weighted by Crippen LogP contribution is 2.32. The van der Waals surface area contributed by atoms with Gasteiger partial charge in [-0.3, -0.25) is 18.3 Å². The molecule has 10 heteroatoms. The van der Waals surface area contributed by atoms with Gasteiger partial charge in [0.05, 0.1) is 17.3 Å². The van der Waals surface area contributed by atoms with E-state index in [9.17, 15) is 9.59 Å². The second-order valence-electron chi connectivity index (χ2n) is 7.25. The first-order valence-electron chi connectivity index (χ1n) is 9.98. The zero-order valence-corrected chi connectivity index (χ0v) is 18.6. The number of halogens is 1. The Morgan fingerprint density at radius 2 is 1.94 bits per heavy atom. The molecule has 0 radical (unpaired) electrons. The molecular formula is C21H24ClN5O4. The van der Waals surface area contributed by atoms with Gasteiger partial charge in [-0.25, -0.2) is 4.79 Å². The predicted octanol–water partition coefficient (Wildman–Crippen LogP) is 2.44. The lowest BCUT2D eigenvalue weighted by Gasteiger charge is -2.11. The third-order valence-electron chi connectivity index (χ3n) is 5.31. The highest BCUT2D eigenvalue weighted by Gasteiger charge is 2.21. The molecule has 0 N–H and O–H groups in total. The molecule has 164 valence electrons. The summed E-state index contributed by atoms with van der Waals surface area (Å²) in [6.45, 7) is 3.61. The number of hydrogen-bond donors (Lipinski definition) is 0. The van der Waals surface area contributed by atoms with Crippen LogP contribution in [0.25, 0.3) is 28.2 Å². The third-order valence-corrected chi connectivity index (χ3v) is 5.61. The van der Waals surface area contributed by atoms with Crippen LogP contribution in [0.3, 0.4) is 0 Å². The molecular weight excluding hydrogens is 422 g/mol. The van der Waals surface area contributed by atoms with Crippen LogP contribution in [0.2, 0.25) is 5.02 Å². The second kappa shape index (κ2) is 8.24. The quantitative estimate of drug-likeness (QED) is 0.408. The number of aromatic nitrogens is 5. The third kappa shape index (κ3) is 3.43. The standard InChI is InChI=1S/C21H24ClN5O4/c1-5-31-16-8-7-13(11-14(16)22)15-12-27-17-18(24(2)21(29)25(3)19(17)28)23-20(27)26(15)9-6-10-30-4/h7-8,11-12H,5-6,9-10H2,1-4H3. The molecule has 0 amide bonds. The molecule has 0 unspecified atom stereocenters. The summed E-state index contributed by atoms with van der Waals surface area (Å²) in [6.07, 6.45) is 2.61. The van der Waals surface area contributed by atoms with Crippen molar-refractivity contribution in [1.29, 1.82) is 0 Å². The highest BCUT2D eigenvalue weighted by molar-refractivity contribution is 6.32. The molecule has 0 aliphatic carbocycles. The fourth-order valence-electron chi connectivity index (χ4n) is 3.77. The number of benzene rings is 1. The summed E-state index contributed by atoms with van der Waals surface area (Å²) in [5.74, 6) is 1.19. The fourth-order valence-corrected chi connectivity index (χ4v) is 4.00. The van der Waals surface area contributed by atoms with Crippen LogP contribution in [0.4, 0.5) is 0 Å². The summed E-state index contributed by atoms with van der Waals surface area (Å²) in [7, 11) is 4.73. The van der Waals surface area contributed by atoms with E-state index < -0.39 is 11.2 Å². The Morgan fingerprint density at radius 1 is 1.16 bits per heavy atom. The lowest BCUT2D eigenvalue weighted by Crippen LogP contribution is -2.37.